The molecule has 2 rings (SSSR count). The normalized spacial score (nSPS) is 11.2. The minimum atomic E-state index is -0.620. The van der Waals surface area contributed by atoms with E-state index >= 15 is 0 Å². The van der Waals surface area contributed by atoms with Crippen LogP contribution in [0, 0.1) is 0 Å². The number of aromatic amines is 2. The van der Waals surface area contributed by atoms with Gasteiger partial charge in [-0.2, -0.15) is 0 Å². The Labute approximate surface area is 127 Å². The molecular formula is C16H19N3O3. The number of aromatic nitrogens is 2. The van der Waals surface area contributed by atoms with Gasteiger partial charge in [0.1, 0.15) is 0 Å². The molecule has 0 atom stereocenters. The maximum atomic E-state index is 12.1. The lowest BCUT2D eigenvalue weighted by Crippen LogP contribution is -2.26. The van der Waals surface area contributed by atoms with Crippen molar-refractivity contribution in [2.45, 2.75) is 32.6 Å². The molecule has 3 N–H and O–H groups in total. The monoisotopic (exact) mass is 301 g/mol. The van der Waals surface area contributed by atoms with Crippen LogP contribution in [0.5, 0.6) is 0 Å². The number of carbonyl (C=O) groups is 1. The molecule has 1 heterocycles. The molecule has 0 radical (unpaired) electrons. The van der Waals surface area contributed by atoms with Crippen LogP contribution in [0.3, 0.4) is 0 Å². The molecule has 0 saturated heterocycles. The molecule has 6 heteroatoms. The van der Waals surface area contributed by atoms with E-state index in [9.17, 15) is 14.4 Å². The molecule has 1 aromatic carbocycles. The van der Waals surface area contributed by atoms with Gasteiger partial charge in [-0.15, -0.1) is 0 Å². The summed E-state index contributed by atoms with van der Waals surface area (Å²) < 4.78 is 0. The van der Waals surface area contributed by atoms with Crippen LogP contribution in [0.2, 0.25) is 0 Å². The van der Waals surface area contributed by atoms with Gasteiger partial charge < -0.3 is 10.3 Å². The zero-order valence-electron chi connectivity index (χ0n) is 12.8. The van der Waals surface area contributed by atoms with Gasteiger partial charge in [0.15, 0.2) is 0 Å². The van der Waals surface area contributed by atoms with Crippen LogP contribution >= 0.6 is 0 Å². The van der Waals surface area contributed by atoms with Crippen molar-refractivity contribution in [3.05, 3.63) is 62.4 Å². The Balaban J connectivity index is 2.20. The van der Waals surface area contributed by atoms with Crippen LogP contribution in [0.25, 0.3) is 0 Å². The van der Waals surface area contributed by atoms with Crippen LogP contribution in [0.4, 0.5) is 5.69 Å². The van der Waals surface area contributed by atoms with Crippen LogP contribution in [0.1, 0.15) is 32.0 Å². The number of carbonyl (C=O) groups excluding carboxylic acids is 1. The Morgan fingerprint density at radius 1 is 1.14 bits per heavy atom. The van der Waals surface area contributed by atoms with Crippen molar-refractivity contribution in [2.75, 3.05) is 5.32 Å². The van der Waals surface area contributed by atoms with Gasteiger partial charge in [-0.25, -0.2) is 4.79 Å². The summed E-state index contributed by atoms with van der Waals surface area (Å²) in [6.45, 7) is 6.19. The number of para-hydroxylation sites is 1. The van der Waals surface area contributed by atoms with E-state index in [-0.39, 0.29) is 23.4 Å². The van der Waals surface area contributed by atoms with Crippen LogP contribution in [0.15, 0.2) is 39.9 Å². The van der Waals surface area contributed by atoms with E-state index in [1.807, 2.05) is 24.3 Å². The molecule has 0 unspecified atom stereocenters. The van der Waals surface area contributed by atoms with Gasteiger partial charge in [-0.05, 0) is 17.0 Å². The molecular weight excluding hydrogens is 282 g/mol. The average molecular weight is 301 g/mol. The molecule has 0 fully saturated rings. The summed E-state index contributed by atoms with van der Waals surface area (Å²) in [5.41, 5.74) is 0.767. The highest BCUT2D eigenvalue weighted by Gasteiger charge is 2.18. The lowest BCUT2D eigenvalue weighted by atomic mass is 9.86. The Kier molecular flexibility index (Phi) is 4.30. The molecule has 6 nitrogen and oxygen atoms in total. The van der Waals surface area contributed by atoms with Crippen molar-refractivity contribution < 1.29 is 4.79 Å². The fraction of sp³-hybridized carbons (Fsp3) is 0.312. The van der Waals surface area contributed by atoms with Gasteiger partial charge in [0.25, 0.3) is 5.56 Å². The second-order valence-electron chi connectivity index (χ2n) is 6.13. The number of hydrogen-bond acceptors (Lipinski definition) is 3. The lowest BCUT2D eigenvalue weighted by molar-refractivity contribution is -0.115. The van der Waals surface area contributed by atoms with Gasteiger partial charge in [0.2, 0.25) is 5.91 Å². The SMILES string of the molecule is CC(C)(C)c1ccccc1NC(=O)Cc1cc(=O)[nH]c(=O)[nH]1. The van der Waals surface area contributed by atoms with Crippen molar-refractivity contribution in [3.63, 3.8) is 0 Å². The number of amides is 1. The second kappa shape index (κ2) is 6.01. The topological polar surface area (TPSA) is 94.8 Å². The van der Waals surface area contributed by atoms with Gasteiger partial charge in [0.05, 0.1) is 6.42 Å². The predicted molar refractivity (Wildman–Crippen MR) is 85.2 cm³/mol. The lowest BCUT2D eigenvalue weighted by Gasteiger charge is -2.23. The number of rotatable bonds is 3. The fourth-order valence-corrected chi connectivity index (χ4v) is 2.23. The van der Waals surface area contributed by atoms with E-state index in [0.717, 1.165) is 11.3 Å². The van der Waals surface area contributed by atoms with E-state index in [0.29, 0.717) is 0 Å². The molecule has 0 spiro atoms. The van der Waals surface area contributed by atoms with Crippen molar-refractivity contribution in [1.29, 1.82) is 0 Å². The summed E-state index contributed by atoms with van der Waals surface area (Å²) in [6.07, 6.45) is -0.0718. The Morgan fingerprint density at radius 3 is 2.45 bits per heavy atom. The third kappa shape index (κ3) is 3.94. The summed E-state index contributed by atoms with van der Waals surface area (Å²) in [7, 11) is 0. The van der Waals surface area contributed by atoms with Crippen molar-refractivity contribution in [2.24, 2.45) is 0 Å². The summed E-state index contributed by atoms with van der Waals surface area (Å²) in [5.74, 6) is -0.294. The van der Waals surface area contributed by atoms with Gasteiger partial charge in [-0.1, -0.05) is 39.0 Å². The van der Waals surface area contributed by atoms with Gasteiger partial charge >= 0.3 is 5.69 Å². The third-order valence-corrected chi connectivity index (χ3v) is 3.18. The van der Waals surface area contributed by atoms with E-state index in [1.165, 1.54) is 6.07 Å². The summed E-state index contributed by atoms with van der Waals surface area (Å²) >= 11 is 0. The first-order chi connectivity index (χ1) is 10.3. The third-order valence-electron chi connectivity index (χ3n) is 3.18. The minimum Gasteiger partial charge on any atom is -0.325 e. The summed E-state index contributed by atoms with van der Waals surface area (Å²) in [5, 5.41) is 2.83. The zero-order chi connectivity index (χ0) is 16.3. The highest BCUT2D eigenvalue weighted by Crippen LogP contribution is 2.29. The molecule has 0 bridgehead atoms. The molecule has 0 aliphatic carbocycles. The molecule has 0 aliphatic heterocycles. The van der Waals surface area contributed by atoms with Crippen LogP contribution in [-0.4, -0.2) is 15.9 Å². The van der Waals surface area contributed by atoms with E-state index < -0.39 is 11.2 Å². The highest BCUT2D eigenvalue weighted by atomic mass is 16.2. The second-order valence-corrected chi connectivity index (χ2v) is 6.13. The van der Waals surface area contributed by atoms with Crippen molar-refractivity contribution in [1.82, 2.24) is 9.97 Å². The standard InChI is InChI=1S/C16H19N3O3/c1-16(2,3)11-6-4-5-7-12(11)18-13(20)8-10-9-14(21)19-15(22)17-10/h4-7,9H,8H2,1-3H3,(H,18,20)(H2,17,19,21,22). The highest BCUT2D eigenvalue weighted by molar-refractivity contribution is 5.92. The molecule has 1 amide bonds. The first kappa shape index (κ1) is 15.8. The van der Waals surface area contributed by atoms with Gasteiger partial charge in [-0.3, -0.25) is 14.6 Å². The largest absolute Gasteiger partial charge is 0.325 e. The summed E-state index contributed by atoms with van der Waals surface area (Å²) in [4.78, 5) is 39.1. The first-order valence-corrected chi connectivity index (χ1v) is 6.97. The molecule has 0 aliphatic rings. The van der Waals surface area contributed by atoms with Crippen molar-refractivity contribution in [3.8, 4) is 0 Å². The summed E-state index contributed by atoms with van der Waals surface area (Å²) in [6, 6.07) is 8.77. The number of anilines is 1. The number of H-pyrrole nitrogens is 2. The Bertz CT molecular complexity index is 769. The minimum absolute atomic E-state index is 0.0718. The maximum Gasteiger partial charge on any atom is 0.325 e. The number of hydrogen-bond donors (Lipinski definition) is 3. The quantitative estimate of drug-likeness (QED) is 0.802. The maximum absolute atomic E-state index is 12.1. The molecule has 116 valence electrons. The smallest absolute Gasteiger partial charge is 0.325 e. The van der Waals surface area contributed by atoms with Gasteiger partial charge in [0, 0.05) is 17.4 Å². The molecule has 0 saturated carbocycles. The van der Waals surface area contributed by atoms with E-state index in [2.05, 4.69) is 36.1 Å². The molecule has 2 aromatic rings. The first-order valence-electron chi connectivity index (χ1n) is 6.97. The van der Waals surface area contributed by atoms with Crippen LogP contribution in [-0.2, 0) is 16.6 Å². The predicted octanol–water partition coefficient (Wildman–Crippen LogP) is 1.54. The molecule has 22 heavy (non-hydrogen) atoms. The van der Waals surface area contributed by atoms with Crippen LogP contribution < -0.4 is 16.6 Å². The van der Waals surface area contributed by atoms with E-state index in [4.69, 9.17) is 0 Å². The Hall–Kier alpha value is -2.63. The number of nitrogens with one attached hydrogen (secondary N) is 3. The Morgan fingerprint density at radius 2 is 1.82 bits per heavy atom. The average Bonchev–Trinajstić information content (AvgIpc) is 2.36. The number of benzene rings is 1. The fourth-order valence-electron chi connectivity index (χ4n) is 2.23. The zero-order valence-corrected chi connectivity index (χ0v) is 12.8. The van der Waals surface area contributed by atoms with Crippen molar-refractivity contribution >= 4 is 11.6 Å². The molecule has 1 aromatic heterocycles. The van der Waals surface area contributed by atoms with E-state index in [1.54, 1.807) is 0 Å².